The minimum Gasteiger partial charge on any atom is -0.317 e. The fraction of sp³-hybridized carbons (Fsp3) is 0.647. The van der Waals surface area contributed by atoms with Crippen LogP contribution in [0, 0.1) is 11.8 Å². The number of rotatable bonds is 9. The lowest BCUT2D eigenvalue weighted by Gasteiger charge is -2.18. The summed E-state index contributed by atoms with van der Waals surface area (Å²) in [6.45, 7) is 8.94. The average Bonchev–Trinajstić information content (AvgIpc) is 2.35. The SMILES string of the molecule is CCNCC(CCCC(C)C)Cc1cccc(Cl)c1. The summed E-state index contributed by atoms with van der Waals surface area (Å²) in [7, 11) is 0. The standard InChI is InChI=1S/C17H28ClN/c1-4-19-13-16(9-5-7-14(2)3)11-15-8-6-10-17(18)12-15/h6,8,10,12,14,16,19H,4-5,7,9,11,13H2,1-3H3. The Labute approximate surface area is 123 Å². The van der Waals surface area contributed by atoms with Gasteiger partial charge in [0.25, 0.3) is 0 Å². The van der Waals surface area contributed by atoms with Gasteiger partial charge in [0.1, 0.15) is 0 Å². The maximum atomic E-state index is 6.06. The molecule has 1 nitrogen and oxygen atoms in total. The number of hydrogen-bond donors (Lipinski definition) is 1. The first kappa shape index (κ1) is 16.5. The molecule has 1 aromatic carbocycles. The predicted molar refractivity (Wildman–Crippen MR) is 85.9 cm³/mol. The van der Waals surface area contributed by atoms with E-state index in [1.54, 1.807) is 0 Å². The van der Waals surface area contributed by atoms with Gasteiger partial charge in [-0.1, -0.05) is 57.3 Å². The van der Waals surface area contributed by atoms with Crippen LogP contribution >= 0.6 is 11.6 Å². The molecule has 0 aliphatic heterocycles. The van der Waals surface area contributed by atoms with Gasteiger partial charge < -0.3 is 5.32 Å². The summed E-state index contributed by atoms with van der Waals surface area (Å²) in [5.74, 6) is 1.53. The van der Waals surface area contributed by atoms with Crippen molar-refractivity contribution < 1.29 is 0 Å². The van der Waals surface area contributed by atoms with E-state index in [0.717, 1.165) is 36.4 Å². The summed E-state index contributed by atoms with van der Waals surface area (Å²) < 4.78 is 0. The number of halogens is 1. The second-order valence-electron chi connectivity index (χ2n) is 5.83. The van der Waals surface area contributed by atoms with Crippen molar-refractivity contribution in [3.63, 3.8) is 0 Å². The maximum Gasteiger partial charge on any atom is 0.0408 e. The lowest BCUT2D eigenvalue weighted by atomic mass is 9.92. The van der Waals surface area contributed by atoms with Gasteiger partial charge in [0.15, 0.2) is 0 Å². The highest BCUT2D eigenvalue weighted by molar-refractivity contribution is 6.30. The topological polar surface area (TPSA) is 12.0 Å². The first-order valence-electron chi connectivity index (χ1n) is 7.57. The van der Waals surface area contributed by atoms with Crippen LogP contribution in [0.3, 0.4) is 0 Å². The summed E-state index contributed by atoms with van der Waals surface area (Å²) >= 11 is 6.06. The zero-order valence-electron chi connectivity index (χ0n) is 12.6. The minimum absolute atomic E-state index is 0.720. The minimum atomic E-state index is 0.720. The Hall–Kier alpha value is -0.530. The molecular weight excluding hydrogens is 254 g/mol. The van der Waals surface area contributed by atoms with Crippen LogP contribution < -0.4 is 5.32 Å². The lowest BCUT2D eigenvalue weighted by molar-refractivity contribution is 0.410. The van der Waals surface area contributed by atoms with Crippen LogP contribution in [0.15, 0.2) is 24.3 Å². The number of nitrogens with one attached hydrogen (secondary N) is 1. The highest BCUT2D eigenvalue weighted by Crippen LogP contribution is 2.19. The lowest BCUT2D eigenvalue weighted by Crippen LogP contribution is -2.24. The Kier molecular flexibility index (Phi) is 8.16. The molecule has 0 radical (unpaired) electrons. The number of benzene rings is 1. The van der Waals surface area contributed by atoms with Crippen molar-refractivity contribution in [1.82, 2.24) is 5.32 Å². The third kappa shape index (κ3) is 7.59. The summed E-state index contributed by atoms with van der Waals surface area (Å²) in [4.78, 5) is 0. The van der Waals surface area contributed by atoms with E-state index in [1.807, 2.05) is 6.07 Å². The van der Waals surface area contributed by atoms with E-state index in [4.69, 9.17) is 11.6 Å². The number of hydrogen-bond acceptors (Lipinski definition) is 1. The molecule has 0 bridgehead atoms. The van der Waals surface area contributed by atoms with Gasteiger partial charge in [-0.25, -0.2) is 0 Å². The van der Waals surface area contributed by atoms with Gasteiger partial charge >= 0.3 is 0 Å². The summed E-state index contributed by atoms with van der Waals surface area (Å²) in [6.07, 6.45) is 5.09. The molecule has 0 aliphatic carbocycles. The molecule has 0 saturated heterocycles. The van der Waals surface area contributed by atoms with Crippen molar-refractivity contribution in [2.24, 2.45) is 11.8 Å². The quantitative estimate of drug-likeness (QED) is 0.676. The molecule has 0 fully saturated rings. The summed E-state index contributed by atoms with van der Waals surface area (Å²) in [5.41, 5.74) is 1.36. The summed E-state index contributed by atoms with van der Waals surface area (Å²) in [6, 6.07) is 8.29. The van der Waals surface area contributed by atoms with Gasteiger partial charge in [0.2, 0.25) is 0 Å². The third-order valence-electron chi connectivity index (χ3n) is 3.49. The van der Waals surface area contributed by atoms with E-state index >= 15 is 0 Å². The molecule has 0 aromatic heterocycles. The molecule has 0 heterocycles. The van der Waals surface area contributed by atoms with Crippen LogP contribution in [0.1, 0.15) is 45.6 Å². The van der Waals surface area contributed by atoms with Crippen molar-refractivity contribution >= 4 is 11.6 Å². The fourth-order valence-electron chi connectivity index (χ4n) is 2.44. The molecular formula is C17H28ClN. The fourth-order valence-corrected chi connectivity index (χ4v) is 2.65. The predicted octanol–water partition coefficient (Wildman–Crippen LogP) is 4.93. The molecule has 0 aliphatic rings. The maximum absolute atomic E-state index is 6.06. The normalized spacial score (nSPS) is 12.9. The van der Waals surface area contributed by atoms with Gasteiger partial charge in [0, 0.05) is 5.02 Å². The van der Waals surface area contributed by atoms with Gasteiger partial charge in [-0.3, -0.25) is 0 Å². The first-order chi connectivity index (χ1) is 9.11. The van der Waals surface area contributed by atoms with Crippen LogP contribution in [0.4, 0.5) is 0 Å². The van der Waals surface area contributed by atoms with Crippen LogP contribution in [-0.2, 0) is 6.42 Å². The Bertz CT molecular complexity index is 349. The summed E-state index contributed by atoms with van der Waals surface area (Å²) in [5, 5.41) is 4.34. The van der Waals surface area contributed by atoms with E-state index in [-0.39, 0.29) is 0 Å². The molecule has 19 heavy (non-hydrogen) atoms. The molecule has 2 heteroatoms. The Morgan fingerprint density at radius 3 is 2.63 bits per heavy atom. The first-order valence-corrected chi connectivity index (χ1v) is 7.94. The molecule has 1 aromatic rings. The second kappa shape index (κ2) is 9.39. The van der Waals surface area contributed by atoms with E-state index in [2.05, 4.69) is 44.3 Å². The molecule has 1 atom stereocenters. The van der Waals surface area contributed by atoms with E-state index < -0.39 is 0 Å². The van der Waals surface area contributed by atoms with Crippen molar-refractivity contribution in [2.45, 2.75) is 46.5 Å². The van der Waals surface area contributed by atoms with Crippen molar-refractivity contribution in [3.05, 3.63) is 34.9 Å². The smallest absolute Gasteiger partial charge is 0.0408 e. The highest BCUT2D eigenvalue weighted by Gasteiger charge is 2.10. The molecule has 0 saturated carbocycles. The van der Waals surface area contributed by atoms with Crippen molar-refractivity contribution in [2.75, 3.05) is 13.1 Å². The third-order valence-corrected chi connectivity index (χ3v) is 3.73. The molecule has 1 unspecified atom stereocenters. The monoisotopic (exact) mass is 281 g/mol. The Morgan fingerprint density at radius 1 is 1.21 bits per heavy atom. The van der Waals surface area contributed by atoms with E-state index in [1.165, 1.54) is 24.8 Å². The van der Waals surface area contributed by atoms with E-state index in [9.17, 15) is 0 Å². The Morgan fingerprint density at radius 2 is 2.00 bits per heavy atom. The molecule has 1 rings (SSSR count). The highest BCUT2D eigenvalue weighted by atomic mass is 35.5. The molecule has 108 valence electrons. The second-order valence-corrected chi connectivity index (χ2v) is 6.27. The van der Waals surface area contributed by atoms with Gasteiger partial charge in [0.05, 0.1) is 0 Å². The van der Waals surface area contributed by atoms with Crippen LogP contribution in [0.25, 0.3) is 0 Å². The molecule has 0 amide bonds. The Balaban J connectivity index is 2.48. The largest absolute Gasteiger partial charge is 0.317 e. The van der Waals surface area contributed by atoms with E-state index in [0.29, 0.717) is 0 Å². The average molecular weight is 282 g/mol. The van der Waals surface area contributed by atoms with Gasteiger partial charge in [-0.15, -0.1) is 0 Å². The van der Waals surface area contributed by atoms with Crippen molar-refractivity contribution in [3.8, 4) is 0 Å². The van der Waals surface area contributed by atoms with Gasteiger partial charge in [-0.2, -0.15) is 0 Å². The molecule has 0 spiro atoms. The van der Waals surface area contributed by atoms with Crippen molar-refractivity contribution in [1.29, 1.82) is 0 Å². The van der Waals surface area contributed by atoms with Crippen LogP contribution in [0.2, 0.25) is 5.02 Å². The molecule has 1 N–H and O–H groups in total. The van der Waals surface area contributed by atoms with Gasteiger partial charge in [-0.05, 0) is 55.5 Å². The van der Waals surface area contributed by atoms with Crippen LogP contribution in [-0.4, -0.2) is 13.1 Å². The zero-order chi connectivity index (χ0) is 14.1. The van der Waals surface area contributed by atoms with Crippen LogP contribution in [0.5, 0.6) is 0 Å². The zero-order valence-corrected chi connectivity index (χ0v) is 13.3.